The summed E-state index contributed by atoms with van der Waals surface area (Å²) in [6, 6.07) is 10.8. The van der Waals surface area contributed by atoms with Gasteiger partial charge in [0.1, 0.15) is 0 Å². The fourth-order valence-corrected chi connectivity index (χ4v) is 5.61. The van der Waals surface area contributed by atoms with E-state index in [1.165, 1.54) is 11.6 Å². The molecule has 2 fully saturated rings. The fraction of sp³-hybridized carbons (Fsp3) is 0.385. The maximum atomic E-state index is 13.3. The van der Waals surface area contributed by atoms with E-state index in [2.05, 4.69) is 20.8 Å². The molecule has 5 rings (SSSR count). The molecule has 2 aromatic carbocycles. The Morgan fingerprint density at radius 2 is 1.69 bits per heavy atom. The van der Waals surface area contributed by atoms with Crippen molar-refractivity contribution in [1.29, 1.82) is 0 Å². The Hall–Kier alpha value is -3.82. The van der Waals surface area contributed by atoms with Gasteiger partial charge in [-0.1, -0.05) is 17.2 Å². The van der Waals surface area contributed by atoms with Crippen molar-refractivity contribution in [2.24, 2.45) is 11.3 Å². The van der Waals surface area contributed by atoms with Crippen LogP contribution in [0.5, 0.6) is 0 Å². The molecular weight excluding hydrogens is 470 g/mol. The molecule has 1 spiro atoms. The van der Waals surface area contributed by atoms with Gasteiger partial charge in [-0.2, -0.15) is 0 Å². The molecule has 1 heterocycles. The van der Waals surface area contributed by atoms with Crippen LogP contribution in [0, 0.1) is 23.0 Å². The standard InChI is InChI=1S/C26H26F2N4O4/c27-20-6-5-19(12-21(20)28)30-25-32-31-24(36-25)23(35)29-18-3-1-16(2-4-18)17-7-9-26(10-8-17)13-15(14-26)11-22(33)34/h1-6,12,15,17H,7-11,13-14H2,(H,29,35)(H,30,32)(H,33,34). The molecule has 0 bridgehead atoms. The molecule has 0 aliphatic heterocycles. The molecule has 36 heavy (non-hydrogen) atoms. The lowest BCUT2D eigenvalue weighted by Gasteiger charge is -2.51. The van der Waals surface area contributed by atoms with E-state index >= 15 is 0 Å². The highest BCUT2D eigenvalue weighted by Crippen LogP contribution is 2.57. The van der Waals surface area contributed by atoms with Crippen LogP contribution in [0.1, 0.15) is 67.1 Å². The van der Waals surface area contributed by atoms with Gasteiger partial charge in [0.15, 0.2) is 11.6 Å². The van der Waals surface area contributed by atoms with Crippen molar-refractivity contribution in [2.45, 2.75) is 50.9 Å². The fourth-order valence-electron chi connectivity index (χ4n) is 5.61. The number of nitrogens with zero attached hydrogens (tertiary/aromatic N) is 2. The molecule has 2 aliphatic carbocycles. The number of rotatable bonds is 7. The molecule has 1 aromatic heterocycles. The van der Waals surface area contributed by atoms with Gasteiger partial charge in [0.05, 0.1) is 0 Å². The summed E-state index contributed by atoms with van der Waals surface area (Å²) in [5.74, 6) is -2.78. The molecule has 0 saturated heterocycles. The summed E-state index contributed by atoms with van der Waals surface area (Å²) in [4.78, 5) is 23.4. The number of benzene rings is 2. The van der Waals surface area contributed by atoms with E-state index in [4.69, 9.17) is 9.52 Å². The third-order valence-corrected chi connectivity index (χ3v) is 7.38. The maximum Gasteiger partial charge on any atom is 0.320 e. The minimum Gasteiger partial charge on any atom is -0.481 e. The molecule has 3 N–H and O–H groups in total. The monoisotopic (exact) mass is 496 g/mol. The van der Waals surface area contributed by atoms with Crippen LogP contribution < -0.4 is 10.6 Å². The predicted octanol–water partition coefficient (Wildman–Crippen LogP) is 5.87. The van der Waals surface area contributed by atoms with E-state index in [1.54, 1.807) is 0 Å². The second-order valence-electron chi connectivity index (χ2n) is 9.89. The quantitative estimate of drug-likeness (QED) is 0.374. The number of carbonyl (C=O) groups excluding carboxylic acids is 1. The Balaban J connectivity index is 1.12. The van der Waals surface area contributed by atoms with Crippen molar-refractivity contribution in [2.75, 3.05) is 10.6 Å². The van der Waals surface area contributed by atoms with Crippen LogP contribution in [0.3, 0.4) is 0 Å². The van der Waals surface area contributed by atoms with E-state index in [1.807, 2.05) is 24.3 Å². The van der Waals surface area contributed by atoms with Gasteiger partial charge in [-0.15, -0.1) is 5.10 Å². The van der Waals surface area contributed by atoms with Gasteiger partial charge in [-0.3, -0.25) is 9.59 Å². The van der Waals surface area contributed by atoms with Gasteiger partial charge in [-0.25, -0.2) is 8.78 Å². The van der Waals surface area contributed by atoms with Gasteiger partial charge in [0.2, 0.25) is 0 Å². The van der Waals surface area contributed by atoms with Crippen molar-refractivity contribution in [3.8, 4) is 0 Å². The third kappa shape index (κ3) is 5.22. The van der Waals surface area contributed by atoms with E-state index in [0.717, 1.165) is 50.7 Å². The Bertz CT molecular complexity index is 1260. The van der Waals surface area contributed by atoms with Crippen LogP contribution in [-0.2, 0) is 4.79 Å². The Morgan fingerprint density at radius 1 is 1.00 bits per heavy atom. The lowest BCUT2D eigenvalue weighted by Crippen LogP contribution is -2.40. The zero-order chi connectivity index (χ0) is 25.3. The Labute approximate surface area is 206 Å². The summed E-state index contributed by atoms with van der Waals surface area (Å²) in [7, 11) is 0. The summed E-state index contributed by atoms with van der Waals surface area (Å²) in [6.07, 6.45) is 6.78. The average Bonchev–Trinajstić information content (AvgIpc) is 3.30. The largest absolute Gasteiger partial charge is 0.481 e. The van der Waals surface area contributed by atoms with Crippen molar-refractivity contribution < 1.29 is 27.9 Å². The Morgan fingerprint density at radius 3 is 2.36 bits per heavy atom. The van der Waals surface area contributed by atoms with E-state index in [9.17, 15) is 18.4 Å². The van der Waals surface area contributed by atoms with Crippen LogP contribution in [-0.4, -0.2) is 27.2 Å². The van der Waals surface area contributed by atoms with Crippen LogP contribution in [0.4, 0.5) is 26.2 Å². The first-order valence-electron chi connectivity index (χ1n) is 12.0. The van der Waals surface area contributed by atoms with Crippen LogP contribution in [0.25, 0.3) is 0 Å². The van der Waals surface area contributed by atoms with Crippen LogP contribution in [0.2, 0.25) is 0 Å². The zero-order valence-electron chi connectivity index (χ0n) is 19.5. The second-order valence-corrected chi connectivity index (χ2v) is 9.89. The number of nitrogens with one attached hydrogen (secondary N) is 2. The smallest absolute Gasteiger partial charge is 0.320 e. The number of hydrogen-bond donors (Lipinski definition) is 3. The summed E-state index contributed by atoms with van der Waals surface area (Å²) in [6.45, 7) is 0. The molecule has 2 aliphatic rings. The van der Waals surface area contributed by atoms with Gasteiger partial charge < -0.3 is 20.2 Å². The highest BCUT2D eigenvalue weighted by atomic mass is 19.2. The maximum absolute atomic E-state index is 13.3. The average molecular weight is 497 g/mol. The van der Waals surface area contributed by atoms with Gasteiger partial charge in [0.25, 0.3) is 0 Å². The number of aromatic nitrogens is 2. The molecule has 0 atom stereocenters. The van der Waals surface area contributed by atoms with Crippen molar-refractivity contribution in [3.63, 3.8) is 0 Å². The van der Waals surface area contributed by atoms with E-state index in [-0.39, 0.29) is 24.0 Å². The molecule has 1 amide bonds. The summed E-state index contributed by atoms with van der Waals surface area (Å²) in [5.41, 5.74) is 2.35. The van der Waals surface area contributed by atoms with Gasteiger partial charge in [0, 0.05) is 23.9 Å². The van der Waals surface area contributed by atoms with Gasteiger partial charge in [-0.05, 0) is 85.6 Å². The second kappa shape index (κ2) is 9.67. The normalized spacial score (nSPS) is 23.2. The van der Waals surface area contributed by atoms with E-state index in [0.29, 0.717) is 22.9 Å². The molecule has 10 heteroatoms. The minimum absolute atomic E-state index is 0.127. The molecule has 8 nitrogen and oxygen atoms in total. The molecular formula is C26H26F2N4O4. The van der Waals surface area contributed by atoms with Crippen LogP contribution in [0.15, 0.2) is 46.9 Å². The summed E-state index contributed by atoms with van der Waals surface area (Å²) < 4.78 is 31.7. The number of anilines is 3. The number of halogens is 2. The lowest BCUT2D eigenvalue weighted by molar-refractivity contribution is -0.140. The number of carboxylic acid groups (broad SMARTS) is 1. The SMILES string of the molecule is O=C(O)CC1CC2(CCC(c3ccc(NC(=O)c4nnc(Nc5ccc(F)c(F)c5)o4)cc3)CC2)C1. The third-order valence-electron chi connectivity index (χ3n) is 7.38. The van der Waals surface area contributed by atoms with Gasteiger partial charge >= 0.3 is 23.8 Å². The first-order chi connectivity index (χ1) is 17.3. The summed E-state index contributed by atoms with van der Waals surface area (Å²) >= 11 is 0. The zero-order valence-corrected chi connectivity index (χ0v) is 19.5. The molecule has 188 valence electrons. The number of amides is 1. The Kier molecular flexibility index (Phi) is 6.42. The van der Waals surface area contributed by atoms with Crippen molar-refractivity contribution >= 4 is 29.3 Å². The van der Waals surface area contributed by atoms with Crippen molar-refractivity contribution in [3.05, 3.63) is 65.6 Å². The number of carbonyl (C=O) groups is 2. The van der Waals surface area contributed by atoms with E-state index < -0.39 is 23.5 Å². The number of aliphatic carboxylic acids is 1. The molecule has 0 radical (unpaired) electrons. The predicted molar refractivity (Wildman–Crippen MR) is 127 cm³/mol. The topological polar surface area (TPSA) is 117 Å². The highest BCUT2D eigenvalue weighted by molar-refractivity contribution is 6.00. The highest BCUT2D eigenvalue weighted by Gasteiger charge is 2.46. The minimum atomic E-state index is -1.03. The molecule has 0 unspecified atom stereocenters. The molecule has 3 aromatic rings. The number of hydrogen-bond acceptors (Lipinski definition) is 6. The number of carboxylic acids is 1. The van der Waals surface area contributed by atoms with Crippen LogP contribution >= 0.6 is 0 Å². The molecule has 2 saturated carbocycles. The first kappa shape index (κ1) is 23.9. The summed E-state index contributed by atoms with van der Waals surface area (Å²) in [5, 5.41) is 21.7. The first-order valence-corrected chi connectivity index (χ1v) is 12.0. The lowest BCUT2D eigenvalue weighted by atomic mass is 9.53. The van der Waals surface area contributed by atoms with Crippen molar-refractivity contribution in [1.82, 2.24) is 10.2 Å².